The normalized spacial score (nSPS) is 10.7. The van der Waals surface area contributed by atoms with Crippen LogP contribution in [0.15, 0.2) is 17.6 Å². The maximum atomic E-state index is 5.49. The van der Waals surface area contributed by atoms with Gasteiger partial charge in [-0.1, -0.05) is 13.8 Å². The van der Waals surface area contributed by atoms with Crippen molar-refractivity contribution in [3.8, 4) is 0 Å². The van der Waals surface area contributed by atoms with E-state index in [4.69, 9.17) is 5.73 Å². The highest BCUT2D eigenvalue weighted by atomic mass is 32.1. The van der Waals surface area contributed by atoms with Crippen LogP contribution in [-0.4, -0.2) is 15.0 Å². The molecule has 0 saturated heterocycles. The predicted octanol–water partition coefficient (Wildman–Crippen LogP) is 2.38. The van der Waals surface area contributed by atoms with Gasteiger partial charge in [0.05, 0.1) is 5.69 Å². The number of thiazole rings is 1. The fourth-order valence-corrected chi connectivity index (χ4v) is 2.04. The Bertz CT molecular complexity index is 480. The molecule has 0 aromatic carbocycles. The van der Waals surface area contributed by atoms with Crippen LogP contribution < -0.4 is 11.1 Å². The van der Waals surface area contributed by atoms with Gasteiger partial charge < -0.3 is 11.1 Å². The number of hydrogen-bond donors (Lipinski definition) is 2. The number of nitrogens with zero attached hydrogens (tertiary/aromatic N) is 3. The van der Waals surface area contributed by atoms with E-state index in [1.165, 1.54) is 0 Å². The first kappa shape index (κ1) is 10.8. The molecule has 2 rings (SSSR count). The molecule has 5 nitrogen and oxygen atoms in total. The predicted molar refractivity (Wildman–Crippen MR) is 65.9 cm³/mol. The molecule has 0 fully saturated rings. The molecule has 0 aliphatic rings. The Morgan fingerprint density at radius 3 is 2.81 bits per heavy atom. The topological polar surface area (TPSA) is 76.7 Å². The highest BCUT2D eigenvalue weighted by molar-refractivity contribution is 7.13. The lowest BCUT2D eigenvalue weighted by Crippen LogP contribution is -1.99. The van der Waals surface area contributed by atoms with E-state index in [1.807, 2.05) is 5.38 Å². The van der Waals surface area contributed by atoms with Crippen molar-refractivity contribution in [1.29, 1.82) is 0 Å². The number of nitrogen functional groups attached to an aromatic ring is 1. The molecule has 0 atom stereocenters. The van der Waals surface area contributed by atoms with E-state index in [0.29, 0.717) is 11.7 Å². The van der Waals surface area contributed by atoms with E-state index in [9.17, 15) is 0 Å². The maximum Gasteiger partial charge on any atom is 0.221 e. The first-order valence-electron chi connectivity index (χ1n) is 4.96. The van der Waals surface area contributed by atoms with Crippen LogP contribution in [0.25, 0.3) is 0 Å². The lowest BCUT2D eigenvalue weighted by Gasteiger charge is -2.01. The smallest absolute Gasteiger partial charge is 0.221 e. The molecular formula is C10H13N5S. The molecular weight excluding hydrogens is 222 g/mol. The zero-order valence-electron chi connectivity index (χ0n) is 9.14. The molecule has 0 bridgehead atoms. The minimum absolute atomic E-state index is 0.255. The summed E-state index contributed by atoms with van der Waals surface area (Å²) in [5, 5.41) is 5.96. The Hall–Kier alpha value is -1.69. The van der Waals surface area contributed by atoms with Crippen LogP contribution in [0.4, 0.5) is 16.9 Å². The Kier molecular flexibility index (Phi) is 3.00. The van der Waals surface area contributed by atoms with E-state index < -0.39 is 0 Å². The summed E-state index contributed by atoms with van der Waals surface area (Å²) in [4.78, 5) is 12.3. The summed E-state index contributed by atoms with van der Waals surface area (Å²) < 4.78 is 0. The summed E-state index contributed by atoms with van der Waals surface area (Å²) in [6.45, 7) is 4.23. The van der Waals surface area contributed by atoms with Crippen LogP contribution in [0.5, 0.6) is 0 Å². The molecule has 16 heavy (non-hydrogen) atoms. The summed E-state index contributed by atoms with van der Waals surface area (Å²) in [6, 6.07) is 1.76. The van der Waals surface area contributed by atoms with Gasteiger partial charge in [-0.25, -0.2) is 9.97 Å². The second-order valence-electron chi connectivity index (χ2n) is 3.66. The monoisotopic (exact) mass is 235 g/mol. The summed E-state index contributed by atoms with van der Waals surface area (Å²) in [5.74, 6) is 1.35. The van der Waals surface area contributed by atoms with E-state index in [-0.39, 0.29) is 5.95 Å². The van der Waals surface area contributed by atoms with Gasteiger partial charge in [-0.3, -0.25) is 0 Å². The van der Waals surface area contributed by atoms with Crippen molar-refractivity contribution in [2.45, 2.75) is 19.8 Å². The second kappa shape index (κ2) is 4.44. The number of aromatic nitrogens is 3. The SMILES string of the molecule is CC(C)c1csc(Nc2ccnc(N)n2)n1. The number of hydrogen-bond acceptors (Lipinski definition) is 6. The van der Waals surface area contributed by atoms with Gasteiger partial charge in [0.2, 0.25) is 5.95 Å². The molecule has 84 valence electrons. The zero-order valence-corrected chi connectivity index (χ0v) is 9.95. The molecule has 6 heteroatoms. The van der Waals surface area contributed by atoms with Crippen LogP contribution in [0.3, 0.4) is 0 Å². The summed E-state index contributed by atoms with van der Waals surface area (Å²) in [5.41, 5.74) is 6.56. The van der Waals surface area contributed by atoms with Crippen LogP contribution in [0.2, 0.25) is 0 Å². The van der Waals surface area contributed by atoms with Crippen molar-refractivity contribution in [3.63, 3.8) is 0 Å². The van der Waals surface area contributed by atoms with E-state index >= 15 is 0 Å². The van der Waals surface area contributed by atoms with Crippen molar-refractivity contribution in [1.82, 2.24) is 15.0 Å². The van der Waals surface area contributed by atoms with Gasteiger partial charge in [0.25, 0.3) is 0 Å². The van der Waals surface area contributed by atoms with Crippen molar-refractivity contribution in [2.75, 3.05) is 11.1 Å². The highest BCUT2D eigenvalue weighted by Crippen LogP contribution is 2.23. The van der Waals surface area contributed by atoms with E-state index in [1.54, 1.807) is 23.6 Å². The molecule has 0 saturated carbocycles. The highest BCUT2D eigenvalue weighted by Gasteiger charge is 2.06. The fraction of sp³-hybridized carbons (Fsp3) is 0.300. The lowest BCUT2D eigenvalue weighted by molar-refractivity contribution is 0.834. The minimum atomic E-state index is 0.255. The number of anilines is 3. The average Bonchev–Trinajstić information content (AvgIpc) is 2.66. The molecule has 0 aliphatic carbocycles. The third kappa shape index (κ3) is 2.46. The van der Waals surface area contributed by atoms with Crippen molar-refractivity contribution in [2.24, 2.45) is 0 Å². The largest absolute Gasteiger partial charge is 0.368 e. The Morgan fingerprint density at radius 2 is 2.19 bits per heavy atom. The van der Waals surface area contributed by atoms with Crippen LogP contribution in [0, 0.1) is 0 Å². The van der Waals surface area contributed by atoms with Gasteiger partial charge in [-0.05, 0) is 12.0 Å². The summed E-state index contributed by atoms with van der Waals surface area (Å²) in [7, 11) is 0. The fourth-order valence-electron chi connectivity index (χ4n) is 1.16. The molecule has 0 aliphatic heterocycles. The molecule has 2 aromatic rings. The Balaban J connectivity index is 2.14. The third-order valence-corrected chi connectivity index (χ3v) is 2.80. The molecule has 0 spiro atoms. The Labute approximate surface area is 97.8 Å². The second-order valence-corrected chi connectivity index (χ2v) is 4.52. The lowest BCUT2D eigenvalue weighted by atomic mass is 10.2. The molecule has 2 heterocycles. The number of rotatable bonds is 3. The molecule has 0 radical (unpaired) electrons. The molecule has 0 unspecified atom stereocenters. The first-order chi connectivity index (χ1) is 7.65. The van der Waals surface area contributed by atoms with Crippen molar-refractivity contribution in [3.05, 3.63) is 23.3 Å². The number of nitrogens with two attached hydrogens (primary N) is 1. The van der Waals surface area contributed by atoms with Gasteiger partial charge in [-0.15, -0.1) is 11.3 Å². The number of nitrogens with one attached hydrogen (secondary N) is 1. The van der Waals surface area contributed by atoms with E-state index in [0.717, 1.165) is 10.8 Å². The third-order valence-electron chi connectivity index (χ3n) is 2.02. The molecule has 0 amide bonds. The Morgan fingerprint density at radius 1 is 1.38 bits per heavy atom. The quantitative estimate of drug-likeness (QED) is 0.854. The van der Waals surface area contributed by atoms with Gasteiger partial charge in [0.15, 0.2) is 5.13 Å². The van der Waals surface area contributed by atoms with Crippen LogP contribution >= 0.6 is 11.3 Å². The van der Waals surface area contributed by atoms with Crippen LogP contribution in [0.1, 0.15) is 25.5 Å². The van der Waals surface area contributed by atoms with Crippen molar-refractivity contribution < 1.29 is 0 Å². The maximum absolute atomic E-state index is 5.49. The molecule has 2 aromatic heterocycles. The standard InChI is InChI=1S/C10H13N5S/c1-6(2)7-5-16-10(13-7)15-8-3-4-12-9(11)14-8/h3-6H,1-2H3,(H3,11,12,13,14,15). The van der Waals surface area contributed by atoms with Gasteiger partial charge in [-0.2, -0.15) is 4.98 Å². The van der Waals surface area contributed by atoms with Gasteiger partial charge in [0, 0.05) is 11.6 Å². The molecule has 3 N–H and O–H groups in total. The van der Waals surface area contributed by atoms with Crippen molar-refractivity contribution >= 4 is 28.2 Å². The van der Waals surface area contributed by atoms with Crippen LogP contribution in [-0.2, 0) is 0 Å². The van der Waals surface area contributed by atoms with Gasteiger partial charge >= 0.3 is 0 Å². The summed E-state index contributed by atoms with van der Waals surface area (Å²) >= 11 is 1.56. The van der Waals surface area contributed by atoms with Gasteiger partial charge in [0.1, 0.15) is 5.82 Å². The summed E-state index contributed by atoms with van der Waals surface area (Å²) in [6.07, 6.45) is 1.61. The first-order valence-corrected chi connectivity index (χ1v) is 5.84. The average molecular weight is 235 g/mol. The zero-order chi connectivity index (χ0) is 11.5. The minimum Gasteiger partial charge on any atom is -0.368 e. The van der Waals surface area contributed by atoms with E-state index in [2.05, 4.69) is 34.1 Å².